The zero-order valence-corrected chi connectivity index (χ0v) is 10.8. The summed E-state index contributed by atoms with van der Waals surface area (Å²) in [6.45, 7) is 4.20. The van der Waals surface area contributed by atoms with Crippen molar-refractivity contribution >= 4 is 11.6 Å². The van der Waals surface area contributed by atoms with Crippen LogP contribution in [-0.4, -0.2) is 24.0 Å². The summed E-state index contributed by atoms with van der Waals surface area (Å²) in [4.78, 5) is 16.0. The predicted octanol–water partition coefficient (Wildman–Crippen LogP) is 2.43. The van der Waals surface area contributed by atoms with Gasteiger partial charge in [-0.2, -0.15) is 0 Å². The number of amides is 1. The highest BCUT2D eigenvalue weighted by Gasteiger charge is 2.12. The molecule has 0 radical (unpaired) electrons. The van der Waals surface area contributed by atoms with Crippen molar-refractivity contribution in [1.82, 2.24) is 10.3 Å². The van der Waals surface area contributed by atoms with E-state index in [-0.39, 0.29) is 11.9 Å². The number of carbonyl (C=O) groups excluding carboxylic acids is 1. The van der Waals surface area contributed by atoms with Crippen LogP contribution in [0, 0.1) is 0 Å². The minimum atomic E-state index is -0.0950. The normalized spacial score (nSPS) is 11.9. The largest absolute Gasteiger partial charge is 0.388 e. The molecule has 17 heavy (non-hydrogen) atoms. The van der Waals surface area contributed by atoms with E-state index in [2.05, 4.69) is 29.5 Å². The van der Waals surface area contributed by atoms with Crippen molar-refractivity contribution < 1.29 is 4.79 Å². The molecule has 1 rings (SSSR count). The smallest absolute Gasteiger partial charge is 0.270 e. The van der Waals surface area contributed by atoms with E-state index in [0.717, 1.165) is 24.9 Å². The number of rotatable bonds is 6. The lowest BCUT2D eigenvalue weighted by atomic mass is 10.1. The van der Waals surface area contributed by atoms with Gasteiger partial charge >= 0.3 is 0 Å². The average molecular weight is 235 g/mol. The molecule has 1 amide bonds. The second-order valence-corrected chi connectivity index (χ2v) is 4.05. The Morgan fingerprint density at radius 2 is 2.24 bits per heavy atom. The summed E-state index contributed by atoms with van der Waals surface area (Å²) in [5, 5.41) is 6.00. The summed E-state index contributed by atoms with van der Waals surface area (Å²) in [6, 6.07) is 3.83. The number of pyridine rings is 1. The molecule has 94 valence electrons. The van der Waals surface area contributed by atoms with Crippen LogP contribution in [0.25, 0.3) is 0 Å². The Bertz CT molecular complexity index is 365. The van der Waals surface area contributed by atoms with E-state index in [9.17, 15) is 4.79 Å². The maximum Gasteiger partial charge on any atom is 0.270 e. The fourth-order valence-electron chi connectivity index (χ4n) is 1.70. The minimum Gasteiger partial charge on any atom is -0.388 e. The van der Waals surface area contributed by atoms with Gasteiger partial charge in [-0.15, -0.1) is 0 Å². The number of aromatic nitrogens is 1. The molecule has 0 aromatic carbocycles. The third kappa shape index (κ3) is 4.06. The van der Waals surface area contributed by atoms with E-state index < -0.39 is 0 Å². The molecule has 2 N–H and O–H groups in total. The Morgan fingerprint density at radius 1 is 1.47 bits per heavy atom. The van der Waals surface area contributed by atoms with Crippen LogP contribution in [-0.2, 0) is 0 Å². The maximum absolute atomic E-state index is 12.0. The first kappa shape index (κ1) is 13.5. The summed E-state index contributed by atoms with van der Waals surface area (Å²) in [7, 11) is 1.82. The van der Waals surface area contributed by atoms with Crippen LogP contribution >= 0.6 is 0 Å². The van der Waals surface area contributed by atoms with Crippen molar-refractivity contribution in [2.75, 3.05) is 12.4 Å². The van der Waals surface area contributed by atoms with Crippen molar-refractivity contribution in [3.63, 3.8) is 0 Å². The lowest BCUT2D eigenvalue weighted by Crippen LogP contribution is -2.34. The van der Waals surface area contributed by atoms with Gasteiger partial charge in [-0.25, -0.2) is 0 Å². The molecule has 0 aliphatic rings. The zero-order chi connectivity index (χ0) is 12.7. The highest BCUT2D eigenvalue weighted by Crippen LogP contribution is 2.08. The Balaban J connectivity index is 2.68. The third-order valence-corrected chi connectivity index (χ3v) is 2.75. The molecule has 1 atom stereocenters. The fraction of sp³-hybridized carbons (Fsp3) is 0.538. The van der Waals surface area contributed by atoms with Gasteiger partial charge in [0.15, 0.2) is 0 Å². The van der Waals surface area contributed by atoms with Gasteiger partial charge in [0.05, 0.1) is 0 Å². The summed E-state index contributed by atoms with van der Waals surface area (Å²) < 4.78 is 0. The van der Waals surface area contributed by atoms with E-state index in [1.807, 2.05) is 13.1 Å². The van der Waals surface area contributed by atoms with Gasteiger partial charge in [-0.1, -0.05) is 20.3 Å². The number of hydrogen-bond acceptors (Lipinski definition) is 3. The van der Waals surface area contributed by atoms with Crippen LogP contribution in [0.4, 0.5) is 5.69 Å². The van der Waals surface area contributed by atoms with E-state index in [4.69, 9.17) is 0 Å². The Kier molecular flexibility index (Phi) is 5.46. The molecule has 0 saturated heterocycles. The molecule has 0 aliphatic heterocycles. The minimum absolute atomic E-state index is 0.0950. The van der Waals surface area contributed by atoms with Crippen LogP contribution < -0.4 is 10.6 Å². The molecule has 1 aromatic rings. The van der Waals surface area contributed by atoms with E-state index in [0.29, 0.717) is 5.69 Å². The van der Waals surface area contributed by atoms with Gasteiger partial charge in [-0.3, -0.25) is 9.78 Å². The standard InChI is InChI=1S/C13H21N3O/c1-4-6-10(5-2)16-13(17)12-9-11(14-3)7-8-15-12/h7-10H,4-6H2,1-3H3,(H,14,15)(H,16,17). The van der Waals surface area contributed by atoms with Crippen molar-refractivity contribution in [1.29, 1.82) is 0 Å². The quantitative estimate of drug-likeness (QED) is 0.796. The lowest BCUT2D eigenvalue weighted by Gasteiger charge is -2.15. The van der Waals surface area contributed by atoms with Crippen LogP contribution in [0.5, 0.6) is 0 Å². The molecule has 0 fully saturated rings. The SMILES string of the molecule is CCCC(CC)NC(=O)c1cc(NC)ccn1. The van der Waals surface area contributed by atoms with E-state index >= 15 is 0 Å². The van der Waals surface area contributed by atoms with Crippen LogP contribution in [0.2, 0.25) is 0 Å². The van der Waals surface area contributed by atoms with Crippen molar-refractivity contribution in [3.05, 3.63) is 24.0 Å². The zero-order valence-electron chi connectivity index (χ0n) is 10.8. The highest BCUT2D eigenvalue weighted by molar-refractivity contribution is 5.93. The Morgan fingerprint density at radius 3 is 2.82 bits per heavy atom. The summed E-state index contributed by atoms with van der Waals surface area (Å²) in [6.07, 6.45) is 4.67. The molecular formula is C13H21N3O. The average Bonchev–Trinajstić information content (AvgIpc) is 2.38. The first-order valence-electron chi connectivity index (χ1n) is 6.15. The molecular weight excluding hydrogens is 214 g/mol. The topological polar surface area (TPSA) is 54.0 Å². The molecule has 1 aromatic heterocycles. The number of nitrogens with one attached hydrogen (secondary N) is 2. The fourth-order valence-corrected chi connectivity index (χ4v) is 1.70. The number of hydrogen-bond donors (Lipinski definition) is 2. The molecule has 4 nitrogen and oxygen atoms in total. The molecule has 0 bridgehead atoms. The summed E-state index contributed by atoms with van der Waals surface area (Å²) in [5.74, 6) is -0.0950. The van der Waals surface area contributed by atoms with Crippen LogP contribution in [0.3, 0.4) is 0 Å². The third-order valence-electron chi connectivity index (χ3n) is 2.75. The van der Waals surface area contributed by atoms with Gasteiger partial charge in [0, 0.05) is 25.0 Å². The van der Waals surface area contributed by atoms with Crippen molar-refractivity contribution in [2.45, 2.75) is 39.2 Å². The van der Waals surface area contributed by atoms with Gasteiger partial charge in [0.2, 0.25) is 0 Å². The number of nitrogens with zero attached hydrogens (tertiary/aromatic N) is 1. The van der Waals surface area contributed by atoms with Crippen LogP contribution in [0.15, 0.2) is 18.3 Å². The van der Waals surface area contributed by atoms with Gasteiger partial charge in [-0.05, 0) is 25.0 Å². The lowest BCUT2D eigenvalue weighted by molar-refractivity contribution is 0.0928. The number of carbonyl (C=O) groups is 1. The van der Waals surface area contributed by atoms with Crippen molar-refractivity contribution in [3.8, 4) is 0 Å². The second kappa shape index (κ2) is 6.89. The maximum atomic E-state index is 12.0. The van der Waals surface area contributed by atoms with Gasteiger partial charge in [0.1, 0.15) is 5.69 Å². The molecule has 4 heteroatoms. The molecule has 0 spiro atoms. The molecule has 1 heterocycles. The Labute approximate surface area is 103 Å². The van der Waals surface area contributed by atoms with Gasteiger partial charge < -0.3 is 10.6 Å². The highest BCUT2D eigenvalue weighted by atomic mass is 16.1. The van der Waals surface area contributed by atoms with Gasteiger partial charge in [0.25, 0.3) is 5.91 Å². The molecule has 0 saturated carbocycles. The first-order valence-corrected chi connectivity index (χ1v) is 6.15. The van der Waals surface area contributed by atoms with E-state index in [1.165, 1.54) is 0 Å². The van der Waals surface area contributed by atoms with Crippen LogP contribution in [0.1, 0.15) is 43.6 Å². The molecule has 0 aliphatic carbocycles. The van der Waals surface area contributed by atoms with E-state index in [1.54, 1.807) is 12.3 Å². The second-order valence-electron chi connectivity index (χ2n) is 4.05. The summed E-state index contributed by atoms with van der Waals surface area (Å²) >= 11 is 0. The Hall–Kier alpha value is -1.58. The first-order chi connectivity index (χ1) is 8.21. The monoisotopic (exact) mass is 235 g/mol. The summed E-state index contributed by atoms with van der Waals surface area (Å²) in [5.41, 5.74) is 1.36. The number of anilines is 1. The van der Waals surface area contributed by atoms with Crippen molar-refractivity contribution in [2.24, 2.45) is 0 Å². The predicted molar refractivity (Wildman–Crippen MR) is 70.2 cm³/mol. The molecule has 1 unspecified atom stereocenters.